The molecule has 0 aliphatic rings. The van der Waals surface area contributed by atoms with Crippen molar-refractivity contribution in [3.05, 3.63) is 47.6 Å². The molecule has 0 unspecified atom stereocenters. The molecule has 0 spiro atoms. The number of hydrogen-bond acceptors (Lipinski definition) is 0. The van der Waals surface area contributed by atoms with Gasteiger partial charge in [0.25, 0.3) is 0 Å². The van der Waals surface area contributed by atoms with E-state index in [0.717, 1.165) is 19.0 Å². The van der Waals surface area contributed by atoms with E-state index >= 15 is 0 Å². The molecule has 20 heavy (non-hydrogen) atoms. The molecule has 0 amide bonds. The zero-order chi connectivity index (χ0) is 14.8. The smallest absolute Gasteiger partial charge is 0.0809 e. The van der Waals surface area contributed by atoms with Crippen LogP contribution in [0, 0.1) is 0 Å². The summed E-state index contributed by atoms with van der Waals surface area (Å²) >= 11 is 0. The fraction of sp³-hybridized carbons (Fsp3) is 0.444. The van der Waals surface area contributed by atoms with Crippen LogP contribution in [0.25, 0.3) is 0 Å². The molecule has 1 rings (SSSR count). The highest BCUT2D eigenvalue weighted by Gasteiger charge is 2.02. The quantitative estimate of drug-likeness (QED) is 0.388. The maximum atomic E-state index is 2.35. The fourth-order valence-electron chi connectivity index (χ4n) is 1.93. The van der Waals surface area contributed by atoms with Crippen molar-refractivity contribution in [3.63, 3.8) is 0 Å². The second-order valence-electron chi connectivity index (χ2n) is 5.54. The Morgan fingerprint density at radius 3 is 1.55 bits per heavy atom. The van der Waals surface area contributed by atoms with Crippen molar-refractivity contribution in [3.8, 4) is 0 Å². The van der Waals surface area contributed by atoms with E-state index in [4.69, 9.17) is 0 Å². The third kappa shape index (κ3) is 7.66. The average molecular weight is 299 g/mol. The molecule has 0 saturated carbocycles. The van der Waals surface area contributed by atoms with Crippen LogP contribution in [0.4, 0.5) is 0 Å². The molecule has 2 heteroatoms. The van der Waals surface area contributed by atoms with E-state index in [9.17, 15) is 0 Å². The molecule has 4 radical (unpaired) electrons. The average Bonchev–Trinajstić information content (AvgIpc) is 2.40. The molecule has 0 saturated heterocycles. The Morgan fingerprint density at radius 1 is 0.800 bits per heavy atom. The lowest BCUT2D eigenvalue weighted by Gasteiger charge is -2.07. The lowest BCUT2D eigenvalue weighted by molar-refractivity contribution is 1.16. The molecular weight excluding hydrogens is 272 g/mol. The summed E-state index contributed by atoms with van der Waals surface area (Å²) < 4.78 is 0. The van der Waals surface area contributed by atoms with Gasteiger partial charge in [-0.25, -0.2) is 0 Å². The van der Waals surface area contributed by atoms with E-state index in [0.29, 0.717) is 0 Å². The number of rotatable bonds is 8. The van der Waals surface area contributed by atoms with Crippen molar-refractivity contribution in [1.82, 2.24) is 0 Å². The highest BCUT2D eigenvalue weighted by atomic mass is 28.2. The minimum atomic E-state index is 0.957. The van der Waals surface area contributed by atoms with Crippen LogP contribution in [-0.4, -0.2) is 19.0 Å². The SMILES string of the molecule is CC(C)=CCC[Si]c1ccccc1[Si]CCC=C(C)C. The van der Waals surface area contributed by atoms with Gasteiger partial charge in [0, 0.05) is 0 Å². The summed E-state index contributed by atoms with van der Waals surface area (Å²) in [4.78, 5) is 0. The predicted molar refractivity (Wildman–Crippen MR) is 94.9 cm³/mol. The van der Waals surface area contributed by atoms with Gasteiger partial charge in [0.15, 0.2) is 0 Å². The second-order valence-corrected chi connectivity index (χ2v) is 8.32. The van der Waals surface area contributed by atoms with Crippen molar-refractivity contribution >= 4 is 29.4 Å². The molecular formula is C18H26Si2. The van der Waals surface area contributed by atoms with Crippen LogP contribution in [0.3, 0.4) is 0 Å². The summed E-state index contributed by atoms with van der Waals surface area (Å²) in [7, 11) is 1.91. The minimum Gasteiger partial charge on any atom is -0.0862 e. The highest BCUT2D eigenvalue weighted by Crippen LogP contribution is 1.99. The van der Waals surface area contributed by atoms with Crippen molar-refractivity contribution in [2.45, 2.75) is 52.6 Å². The molecule has 0 heterocycles. The highest BCUT2D eigenvalue weighted by molar-refractivity contribution is 6.66. The normalized spacial score (nSPS) is 10.2. The second kappa shape index (κ2) is 9.95. The van der Waals surface area contributed by atoms with Crippen LogP contribution in [-0.2, 0) is 0 Å². The lowest BCUT2D eigenvalue weighted by Crippen LogP contribution is -2.35. The standard InChI is InChI=1S/C18H26Si2/c1-15(2)9-7-13-19-17-11-5-6-12-18(17)20-14-8-10-16(3)4/h5-6,9-12H,7-8,13-14H2,1-4H3. The van der Waals surface area contributed by atoms with E-state index in [-0.39, 0.29) is 0 Å². The van der Waals surface area contributed by atoms with Crippen LogP contribution in [0.1, 0.15) is 40.5 Å². The lowest BCUT2D eigenvalue weighted by atomic mass is 10.3. The molecule has 0 bridgehead atoms. The fourth-order valence-corrected chi connectivity index (χ4v) is 4.55. The van der Waals surface area contributed by atoms with E-state index in [1.807, 2.05) is 0 Å². The third-order valence-corrected chi connectivity index (χ3v) is 5.91. The predicted octanol–water partition coefficient (Wildman–Crippen LogP) is 3.89. The molecule has 0 aliphatic heterocycles. The topological polar surface area (TPSA) is 0 Å². The monoisotopic (exact) mass is 298 g/mol. The van der Waals surface area contributed by atoms with Crippen LogP contribution in [0.5, 0.6) is 0 Å². The first-order valence-electron chi connectivity index (χ1n) is 7.43. The Kier molecular flexibility index (Phi) is 8.55. The van der Waals surface area contributed by atoms with Gasteiger partial charge in [0.2, 0.25) is 0 Å². The Hall–Kier alpha value is -0.866. The van der Waals surface area contributed by atoms with Gasteiger partial charge < -0.3 is 0 Å². The largest absolute Gasteiger partial charge is 0.0862 e. The zero-order valence-corrected chi connectivity index (χ0v) is 15.3. The molecule has 106 valence electrons. The van der Waals surface area contributed by atoms with Crippen molar-refractivity contribution < 1.29 is 0 Å². The summed E-state index contributed by atoms with van der Waals surface area (Å²) in [5.74, 6) is 0. The van der Waals surface area contributed by atoms with Gasteiger partial charge in [-0.2, -0.15) is 0 Å². The maximum absolute atomic E-state index is 2.35. The summed E-state index contributed by atoms with van der Waals surface area (Å²) in [5.41, 5.74) is 2.87. The molecule has 0 N–H and O–H groups in total. The van der Waals surface area contributed by atoms with E-state index < -0.39 is 0 Å². The van der Waals surface area contributed by atoms with E-state index in [1.54, 1.807) is 10.4 Å². The molecule has 0 aromatic heterocycles. The third-order valence-electron chi connectivity index (χ3n) is 2.95. The van der Waals surface area contributed by atoms with Gasteiger partial charge in [-0.15, -0.1) is 0 Å². The van der Waals surface area contributed by atoms with Crippen LogP contribution in [0.15, 0.2) is 47.6 Å². The number of benzene rings is 1. The van der Waals surface area contributed by atoms with Crippen LogP contribution in [0.2, 0.25) is 12.1 Å². The first-order chi connectivity index (χ1) is 9.59. The Balaban J connectivity index is 2.46. The van der Waals surface area contributed by atoms with Crippen molar-refractivity contribution in [2.24, 2.45) is 0 Å². The molecule has 0 aliphatic carbocycles. The van der Waals surface area contributed by atoms with Crippen molar-refractivity contribution in [1.29, 1.82) is 0 Å². The Bertz CT molecular complexity index is 407. The summed E-state index contributed by atoms with van der Waals surface area (Å²) in [5, 5.41) is 3.18. The molecule has 1 aromatic carbocycles. The summed E-state index contributed by atoms with van der Waals surface area (Å²) in [6.07, 6.45) is 7.14. The van der Waals surface area contributed by atoms with Gasteiger partial charge in [-0.3, -0.25) is 0 Å². The van der Waals surface area contributed by atoms with Gasteiger partial charge in [0.05, 0.1) is 19.0 Å². The Morgan fingerprint density at radius 2 is 1.20 bits per heavy atom. The van der Waals surface area contributed by atoms with E-state index in [2.05, 4.69) is 64.1 Å². The Labute approximate surface area is 130 Å². The van der Waals surface area contributed by atoms with Crippen LogP contribution < -0.4 is 10.4 Å². The molecule has 0 nitrogen and oxygen atoms in total. The molecule has 1 aromatic rings. The summed E-state index contributed by atoms with van der Waals surface area (Å²) in [6.45, 7) is 8.73. The van der Waals surface area contributed by atoms with Gasteiger partial charge in [0.1, 0.15) is 0 Å². The summed E-state index contributed by atoms with van der Waals surface area (Å²) in [6, 6.07) is 11.6. The first kappa shape index (κ1) is 17.2. The first-order valence-corrected chi connectivity index (χ1v) is 9.84. The number of hydrogen-bond donors (Lipinski definition) is 0. The molecule has 0 atom stereocenters. The number of allylic oxidation sites excluding steroid dienone is 4. The van der Waals surface area contributed by atoms with E-state index in [1.165, 1.54) is 36.1 Å². The minimum absolute atomic E-state index is 0.957. The van der Waals surface area contributed by atoms with Crippen LogP contribution >= 0.6 is 0 Å². The van der Waals surface area contributed by atoms with Crippen molar-refractivity contribution in [2.75, 3.05) is 0 Å². The maximum Gasteiger partial charge on any atom is 0.0809 e. The van der Waals surface area contributed by atoms with Gasteiger partial charge >= 0.3 is 0 Å². The van der Waals surface area contributed by atoms with Gasteiger partial charge in [-0.05, 0) is 40.5 Å². The zero-order valence-electron chi connectivity index (χ0n) is 13.3. The molecule has 0 fully saturated rings. The van der Waals surface area contributed by atoms with Gasteiger partial charge in [-0.1, -0.05) is 70.0 Å².